The van der Waals surface area contributed by atoms with Crippen LogP contribution in [0.25, 0.3) is 0 Å². The van der Waals surface area contributed by atoms with Crippen LogP contribution in [0.1, 0.15) is 12.5 Å². The zero-order valence-corrected chi connectivity index (χ0v) is 21.9. The maximum atomic E-state index is 13.7. The molecule has 0 atom stereocenters. The van der Waals surface area contributed by atoms with E-state index >= 15 is 0 Å². The lowest BCUT2D eigenvalue weighted by molar-refractivity contribution is -0.137. The van der Waals surface area contributed by atoms with Gasteiger partial charge in [-0.15, -0.1) is 0 Å². The number of aromatic nitrogens is 2. The molecule has 1 saturated heterocycles. The molecule has 210 valence electrons. The summed E-state index contributed by atoms with van der Waals surface area (Å²) in [5.74, 6) is -0.421. The zero-order chi connectivity index (χ0) is 28.9. The Hall–Kier alpha value is -4.81. The average Bonchev–Trinajstić information content (AvgIpc) is 2.92. The van der Waals surface area contributed by atoms with Gasteiger partial charge in [-0.05, 0) is 36.4 Å². The van der Waals surface area contributed by atoms with E-state index in [-0.39, 0.29) is 17.5 Å². The molecule has 3 N–H and O–H groups in total. The Morgan fingerprint density at radius 1 is 1.02 bits per heavy atom. The second-order valence-corrected chi connectivity index (χ2v) is 8.86. The second kappa shape index (κ2) is 11.9. The lowest BCUT2D eigenvalue weighted by atomic mass is 10.2. The number of ether oxygens (including phenoxy) is 1. The third kappa shape index (κ3) is 6.79. The largest absolute Gasteiger partial charge is 0.495 e. The highest BCUT2D eigenvalue weighted by atomic mass is 19.4. The lowest BCUT2D eigenvalue weighted by Crippen LogP contribution is -2.48. The van der Waals surface area contributed by atoms with Gasteiger partial charge in [0.05, 0.1) is 12.8 Å². The summed E-state index contributed by atoms with van der Waals surface area (Å²) in [7, 11) is 1.52. The maximum absolute atomic E-state index is 13.7. The minimum absolute atomic E-state index is 0.0312. The molecular weight excluding hydrogens is 527 g/mol. The van der Waals surface area contributed by atoms with E-state index in [9.17, 15) is 22.8 Å². The van der Waals surface area contributed by atoms with Gasteiger partial charge in [0, 0.05) is 62.4 Å². The Kier molecular flexibility index (Phi) is 8.41. The molecule has 0 saturated carbocycles. The summed E-state index contributed by atoms with van der Waals surface area (Å²) in [6, 6.07) is 11.4. The fourth-order valence-electron chi connectivity index (χ4n) is 4.16. The maximum Gasteiger partial charge on any atom is 0.421 e. The van der Waals surface area contributed by atoms with E-state index in [1.165, 1.54) is 13.2 Å². The van der Waals surface area contributed by atoms with Crippen molar-refractivity contribution >= 4 is 46.3 Å². The zero-order valence-electron chi connectivity index (χ0n) is 21.9. The Balaban J connectivity index is 1.56. The predicted octanol–water partition coefficient (Wildman–Crippen LogP) is 4.78. The first-order chi connectivity index (χ1) is 19.1. The van der Waals surface area contributed by atoms with Crippen molar-refractivity contribution in [1.82, 2.24) is 14.9 Å². The number of alkyl halides is 3. The van der Waals surface area contributed by atoms with E-state index in [0.29, 0.717) is 49.5 Å². The topological polar surface area (TPSA) is 112 Å². The average molecular weight is 556 g/mol. The van der Waals surface area contributed by atoms with E-state index in [1.807, 2.05) is 6.07 Å². The standard InChI is InChI=1S/C27H28F3N7O3/c1-4-24(39)32-18-6-5-7-19(14-18)33-25-21(27(28,29)30)16-31-26(35-25)34-20-8-9-22(23(15-20)40-3)37-12-10-36(11-13-37)17(2)38/h4-9,14-16H,1,10-13H2,2-3H3,(H,32,39)(H2,31,33,34,35). The molecule has 40 heavy (non-hydrogen) atoms. The molecule has 13 heteroatoms. The van der Waals surface area contributed by atoms with Gasteiger partial charge in [0.15, 0.2) is 0 Å². The van der Waals surface area contributed by atoms with Gasteiger partial charge in [-0.2, -0.15) is 18.2 Å². The van der Waals surface area contributed by atoms with Crippen molar-refractivity contribution in [1.29, 1.82) is 0 Å². The molecule has 0 aliphatic carbocycles. The van der Waals surface area contributed by atoms with Gasteiger partial charge < -0.3 is 30.5 Å². The predicted molar refractivity (Wildman–Crippen MR) is 146 cm³/mol. The number of methoxy groups -OCH3 is 1. The molecule has 10 nitrogen and oxygen atoms in total. The van der Waals surface area contributed by atoms with Crippen molar-refractivity contribution < 1.29 is 27.5 Å². The quantitative estimate of drug-likeness (QED) is 0.341. The summed E-state index contributed by atoms with van der Waals surface area (Å²) in [5, 5.41) is 8.16. The van der Waals surface area contributed by atoms with Crippen LogP contribution in [0.2, 0.25) is 0 Å². The summed E-state index contributed by atoms with van der Waals surface area (Å²) >= 11 is 0. The number of carbonyl (C=O) groups excluding carboxylic acids is 2. The number of halogens is 3. The summed E-state index contributed by atoms with van der Waals surface area (Å²) < 4.78 is 46.8. The Labute approximate surface area is 228 Å². The van der Waals surface area contributed by atoms with E-state index in [0.717, 1.165) is 11.8 Å². The minimum atomic E-state index is -4.72. The van der Waals surface area contributed by atoms with Crippen LogP contribution in [0.5, 0.6) is 5.75 Å². The fraction of sp³-hybridized carbons (Fsp3) is 0.259. The molecular formula is C27H28F3N7O3. The highest BCUT2D eigenvalue weighted by molar-refractivity contribution is 5.99. The van der Waals surface area contributed by atoms with Crippen LogP contribution in [0.15, 0.2) is 61.3 Å². The minimum Gasteiger partial charge on any atom is -0.495 e. The summed E-state index contributed by atoms with van der Waals surface area (Å²) in [6.45, 7) is 7.38. The normalized spacial score (nSPS) is 13.4. The van der Waals surface area contributed by atoms with Gasteiger partial charge in [0.25, 0.3) is 0 Å². The summed E-state index contributed by atoms with van der Waals surface area (Å²) in [5.41, 5.74) is 0.910. The third-order valence-electron chi connectivity index (χ3n) is 6.17. The molecule has 4 rings (SSSR count). The number of amides is 2. The van der Waals surface area contributed by atoms with Gasteiger partial charge in [-0.3, -0.25) is 9.59 Å². The van der Waals surface area contributed by atoms with Crippen LogP contribution in [0, 0.1) is 0 Å². The number of piperazine rings is 1. The monoisotopic (exact) mass is 555 g/mol. The molecule has 1 aliphatic rings. The van der Waals surface area contributed by atoms with Gasteiger partial charge in [0.2, 0.25) is 17.8 Å². The van der Waals surface area contributed by atoms with Gasteiger partial charge in [-0.1, -0.05) is 12.6 Å². The van der Waals surface area contributed by atoms with Crippen LogP contribution in [0.4, 0.5) is 47.7 Å². The molecule has 2 heterocycles. The molecule has 2 aromatic carbocycles. The van der Waals surface area contributed by atoms with Gasteiger partial charge >= 0.3 is 6.18 Å². The van der Waals surface area contributed by atoms with E-state index in [4.69, 9.17) is 4.74 Å². The fourth-order valence-corrected chi connectivity index (χ4v) is 4.16. The highest BCUT2D eigenvalue weighted by Gasteiger charge is 2.35. The van der Waals surface area contributed by atoms with Crippen molar-refractivity contribution in [2.45, 2.75) is 13.1 Å². The Bertz CT molecular complexity index is 1410. The SMILES string of the molecule is C=CC(=O)Nc1cccc(Nc2nc(Nc3ccc(N4CCN(C(C)=O)CC4)c(OC)c3)ncc2C(F)(F)F)c1. The number of nitrogens with zero attached hydrogens (tertiary/aromatic N) is 4. The highest BCUT2D eigenvalue weighted by Crippen LogP contribution is 2.37. The molecule has 0 spiro atoms. The number of hydrogen-bond acceptors (Lipinski definition) is 8. The van der Waals surface area contributed by atoms with Crippen molar-refractivity contribution in [2.24, 2.45) is 0 Å². The number of hydrogen-bond donors (Lipinski definition) is 3. The van der Waals surface area contributed by atoms with Crippen LogP contribution < -0.4 is 25.6 Å². The number of benzene rings is 2. The van der Waals surface area contributed by atoms with Crippen LogP contribution in [-0.2, 0) is 15.8 Å². The summed E-state index contributed by atoms with van der Waals surface area (Å²) in [4.78, 5) is 35.1. The number of rotatable bonds is 8. The van der Waals surface area contributed by atoms with Crippen molar-refractivity contribution in [3.63, 3.8) is 0 Å². The van der Waals surface area contributed by atoms with Crippen LogP contribution in [0.3, 0.4) is 0 Å². The van der Waals surface area contributed by atoms with Crippen LogP contribution >= 0.6 is 0 Å². The first kappa shape index (κ1) is 28.2. The number of carbonyl (C=O) groups is 2. The Morgan fingerprint density at radius 3 is 2.38 bits per heavy atom. The molecule has 1 aromatic heterocycles. The molecule has 0 radical (unpaired) electrons. The first-order valence-corrected chi connectivity index (χ1v) is 12.3. The summed E-state index contributed by atoms with van der Waals surface area (Å²) in [6.07, 6.45) is -2.94. The van der Waals surface area contributed by atoms with Crippen LogP contribution in [-0.4, -0.2) is 60.0 Å². The van der Waals surface area contributed by atoms with Gasteiger partial charge in [-0.25, -0.2) is 4.98 Å². The number of anilines is 6. The van der Waals surface area contributed by atoms with E-state index in [1.54, 1.807) is 42.2 Å². The lowest BCUT2D eigenvalue weighted by Gasteiger charge is -2.36. The Morgan fingerprint density at radius 2 is 1.73 bits per heavy atom. The van der Waals surface area contributed by atoms with Crippen molar-refractivity contribution in [2.75, 3.05) is 54.1 Å². The van der Waals surface area contributed by atoms with E-state index in [2.05, 4.69) is 37.4 Å². The molecule has 2 amide bonds. The van der Waals surface area contributed by atoms with E-state index < -0.39 is 23.5 Å². The van der Waals surface area contributed by atoms with Crippen molar-refractivity contribution in [3.05, 3.63) is 66.9 Å². The smallest absolute Gasteiger partial charge is 0.421 e. The molecule has 1 aliphatic heterocycles. The van der Waals surface area contributed by atoms with Gasteiger partial charge in [0.1, 0.15) is 17.1 Å². The molecule has 0 bridgehead atoms. The molecule has 0 unspecified atom stereocenters. The second-order valence-electron chi connectivity index (χ2n) is 8.86. The molecule has 1 fully saturated rings. The number of nitrogens with one attached hydrogen (secondary N) is 3. The third-order valence-corrected chi connectivity index (χ3v) is 6.17. The molecule has 3 aromatic rings. The van der Waals surface area contributed by atoms with Crippen molar-refractivity contribution in [3.8, 4) is 5.75 Å². The first-order valence-electron chi connectivity index (χ1n) is 12.3.